The summed E-state index contributed by atoms with van der Waals surface area (Å²) >= 11 is 0. The molecular weight excluding hydrogens is 521 g/mol. The van der Waals surface area contributed by atoms with Gasteiger partial charge < -0.3 is 4.57 Å². The highest BCUT2D eigenvalue weighted by molar-refractivity contribution is 5.79. The highest BCUT2D eigenvalue weighted by Crippen LogP contribution is 2.36. The number of halogens is 3. The lowest BCUT2D eigenvalue weighted by atomic mass is 10.0. The number of benzene rings is 1. The number of H-pyrrole nitrogens is 1. The van der Waals surface area contributed by atoms with E-state index in [0.29, 0.717) is 23.6 Å². The van der Waals surface area contributed by atoms with E-state index in [1.165, 1.54) is 21.5 Å². The standard InChI is InChI=1S/C28H29F3N8O/c1-4-5-8-21-17-39(26-24(28(29,30)31)13-14-37(26)18(2)3)27(40)38(21)16-20-12-11-19(15-32-20)22-9-6-7-10-23(22)25-33-35-36-34-25/h6-7,9-15,17-18H,4-5,8,16H2,1-3H3,(H,33,34,35,36). The Morgan fingerprint density at radius 3 is 2.45 bits per heavy atom. The number of hydrogen-bond acceptors (Lipinski definition) is 5. The molecule has 12 heteroatoms. The first-order chi connectivity index (χ1) is 19.2. The second-order valence-electron chi connectivity index (χ2n) is 9.85. The Hall–Kier alpha value is -4.48. The molecule has 4 aromatic heterocycles. The van der Waals surface area contributed by atoms with Crippen molar-refractivity contribution in [2.45, 2.75) is 58.8 Å². The molecule has 40 heavy (non-hydrogen) atoms. The highest BCUT2D eigenvalue weighted by atomic mass is 19.4. The lowest BCUT2D eigenvalue weighted by Gasteiger charge is -2.16. The van der Waals surface area contributed by atoms with Crippen LogP contribution in [-0.4, -0.2) is 39.3 Å². The molecule has 0 atom stereocenters. The van der Waals surface area contributed by atoms with E-state index in [2.05, 4.69) is 25.6 Å². The second-order valence-corrected chi connectivity index (χ2v) is 9.85. The highest BCUT2D eigenvalue weighted by Gasteiger charge is 2.37. The summed E-state index contributed by atoms with van der Waals surface area (Å²) < 4.78 is 45.9. The SMILES string of the molecule is CCCCc1cn(-c2c(C(F)(F)F)ccn2C(C)C)c(=O)n1Cc1ccc(-c2ccccc2-c2nnn[nH]2)cn1. The van der Waals surface area contributed by atoms with E-state index in [9.17, 15) is 18.0 Å². The van der Waals surface area contributed by atoms with Crippen molar-refractivity contribution < 1.29 is 13.2 Å². The maximum atomic E-state index is 13.9. The van der Waals surface area contributed by atoms with Crippen LogP contribution < -0.4 is 5.69 Å². The van der Waals surface area contributed by atoms with Gasteiger partial charge in [-0.15, -0.1) is 5.10 Å². The fourth-order valence-electron chi connectivity index (χ4n) is 4.79. The van der Waals surface area contributed by atoms with Crippen LogP contribution in [0.5, 0.6) is 0 Å². The number of aromatic amines is 1. The smallest absolute Gasteiger partial charge is 0.331 e. The van der Waals surface area contributed by atoms with Crippen LogP contribution in [0.2, 0.25) is 0 Å². The fourth-order valence-corrected chi connectivity index (χ4v) is 4.79. The summed E-state index contributed by atoms with van der Waals surface area (Å²) in [5, 5.41) is 14.1. The first-order valence-electron chi connectivity index (χ1n) is 13.1. The lowest BCUT2D eigenvalue weighted by Crippen LogP contribution is -2.28. The molecule has 0 saturated carbocycles. The van der Waals surface area contributed by atoms with Gasteiger partial charge in [-0.3, -0.25) is 14.1 Å². The van der Waals surface area contributed by atoms with Crippen LogP contribution >= 0.6 is 0 Å². The van der Waals surface area contributed by atoms with Crippen LogP contribution in [-0.2, 0) is 19.1 Å². The summed E-state index contributed by atoms with van der Waals surface area (Å²) in [6.07, 6.45) is 2.25. The molecular formula is C28H29F3N8O. The van der Waals surface area contributed by atoms with Crippen LogP contribution in [0.15, 0.2) is 65.8 Å². The van der Waals surface area contributed by atoms with E-state index >= 15 is 0 Å². The third kappa shape index (κ3) is 5.21. The van der Waals surface area contributed by atoms with Gasteiger partial charge in [0.25, 0.3) is 0 Å². The minimum absolute atomic E-state index is 0.128. The van der Waals surface area contributed by atoms with E-state index < -0.39 is 17.4 Å². The Kier molecular flexibility index (Phi) is 7.42. The van der Waals surface area contributed by atoms with E-state index in [-0.39, 0.29) is 18.4 Å². The molecule has 0 bridgehead atoms. The molecule has 0 aliphatic carbocycles. The molecule has 208 valence electrons. The lowest BCUT2D eigenvalue weighted by molar-refractivity contribution is -0.137. The van der Waals surface area contributed by atoms with Gasteiger partial charge in [-0.05, 0) is 54.8 Å². The number of rotatable bonds is 9. The van der Waals surface area contributed by atoms with Crippen molar-refractivity contribution in [3.63, 3.8) is 0 Å². The quantitative estimate of drug-likeness (QED) is 0.255. The fraction of sp³-hybridized carbons (Fsp3) is 0.321. The molecule has 4 heterocycles. The van der Waals surface area contributed by atoms with Crippen LogP contribution in [0.1, 0.15) is 56.6 Å². The average molecular weight is 551 g/mol. The van der Waals surface area contributed by atoms with Crippen LogP contribution in [0.3, 0.4) is 0 Å². The molecule has 1 N–H and O–H groups in total. The van der Waals surface area contributed by atoms with E-state index in [1.807, 2.05) is 43.3 Å². The molecule has 0 unspecified atom stereocenters. The molecule has 0 radical (unpaired) electrons. The van der Waals surface area contributed by atoms with Gasteiger partial charge in [0.15, 0.2) is 5.82 Å². The van der Waals surface area contributed by atoms with Gasteiger partial charge in [-0.25, -0.2) is 9.89 Å². The Morgan fingerprint density at radius 1 is 1.05 bits per heavy atom. The van der Waals surface area contributed by atoms with Gasteiger partial charge in [0.1, 0.15) is 5.82 Å². The predicted octanol–water partition coefficient (Wildman–Crippen LogP) is 5.67. The zero-order valence-electron chi connectivity index (χ0n) is 22.4. The van der Waals surface area contributed by atoms with Crippen molar-refractivity contribution in [1.82, 2.24) is 39.3 Å². The molecule has 0 aliphatic heterocycles. The summed E-state index contributed by atoms with van der Waals surface area (Å²) in [5.41, 5.74) is 2.40. The van der Waals surface area contributed by atoms with Crippen molar-refractivity contribution in [2.75, 3.05) is 0 Å². The Labute approximate surface area is 228 Å². The van der Waals surface area contributed by atoms with Gasteiger partial charge in [0.05, 0.1) is 17.8 Å². The number of unbranched alkanes of at least 4 members (excludes halogenated alkanes) is 1. The molecule has 0 amide bonds. The molecule has 5 rings (SSSR count). The number of hydrogen-bond donors (Lipinski definition) is 1. The van der Waals surface area contributed by atoms with Gasteiger partial charge in [0, 0.05) is 41.5 Å². The summed E-state index contributed by atoms with van der Waals surface area (Å²) in [6, 6.07) is 12.1. The van der Waals surface area contributed by atoms with Crippen LogP contribution in [0, 0.1) is 0 Å². The van der Waals surface area contributed by atoms with Crippen molar-refractivity contribution in [1.29, 1.82) is 0 Å². The van der Waals surface area contributed by atoms with Crippen molar-refractivity contribution >= 4 is 0 Å². The second kappa shape index (κ2) is 10.9. The van der Waals surface area contributed by atoms with Crippen molar-refractivity contribution in [2.24, 2.45) is 0 Å². The number of pyridine rings is 1. The molecule has 0 fully saturated rings. The van der Waals surface area contributed by atoms with Gasteiger partial charge in [0.2, 0.25) is 0 Å². The molecule has 9 nitrogen and oxygen atoms in total. The molecule has 1 aromatic carbocycles. The first-order valence-corrected chi connectivity index (χ1v) is 13.1. The number of imidazole rings is 1. The maximum absolute atomic E-state index is 13.9. The Bertz CT molecular complexity index is 1640. The zero-order valence-corrected chi connectivity index (χ0v) is 22.4. The molecule has 5 aromatic rings. The Morgan fingerprint density at radius 2 is 1.82 bits per heavy atom. The minimum Gasteiger partial charge on any atom is -0.331 e. The number of aromatic nitrogens is 8. The number of alkyl halides is 3. The number of aryl methyl sites for hydroxylation is 1. The van der Waals surface area contributed by atoms with E-state index in [0.717, 1.165) is 40.2 Å². The summed E-state index contributed by atoms with van der Waals surface area (Å²) in [4.78, 5) is 18.3. The number of nitrogens with zero attached hydrogens (tertiary/aromatic N) is 7. The first kappa shape index (κ1) is 27.1. The topological polar surface area (TPSA) is 99.2 Å². The molecule has 0 saturated heterocycles. The van der Waals surface area contributed by atoms with E-state index in [1.54, 1.807) is 20.0 Å². The van der Waals surface area contributed by atoms with Crippen molar-refractivity contribution in [3.05, 3.63) is 88.5 Å². The normalized spacial score (nSPS) is 12.0. The van der Waals surface area contributed by atoms with Gasteiger partial charge in [-0.1, -0.05) is 43.7 Å². The third-order valence-electron chi connectivity index (χ3n) is 6.81. The number of nitrogens with one attached hydrogen (secondary N) is 1. The van der Waals surface area contributed by atoms with E-state index in [4.69, 9.17) is 0 Å². The predicted molar refractivity (Wildman–Crippen MR) is 144 cm³/mol. The maximum Gasteiger partial charge on any atom is 0.419 e. The van der Waals surface area contributed by atoms with Gasteiger partial charge in [-0.2, -0.15) is 13.2 Å². The van der Waals surface area contributed by atoms with Gasteiger partial charge >= 0.3 is 11.9 Å². The van der Waals surface area contributed by atoms with Crippen molar-refractivity contribution in [3.8, 4) is 28.3 Å². The zero-order chi connectivity index (χ0) is 28.4. The van der Waals surface area contributed by atoms with Crippen LogP contribution in [0.4, 0.5) is 13.2 Å². The Balaban J connectivity index is 1.53. The molecule has 0 spiro atoms. The largest absolute Gasteiger partial charge is 0.419 e. The number of tetrazole rings is 1. The third-order valence-corrected chi connectivity index (χ3v) is 6.81. The molecule has 0 aliphatic rings. The monoisotopic (exact) mass is 550 g/mol. The summed E-state index contributed by atoms with van der Waals surface area (Å²) in [5.74, 6) is 0.350. The van der Waals surface area contributed by atoms with Crippen LogP contribution in [0.25, 0.3) is 28.3 Å². The summed E-state index contributed by atoms with van der Waals surface area (Å²) in [7, 11) is 0. The minimum atomic E-state index is -4.60. The average Bonchev–Trinajstić information content (AvgIpc) is 3.68. The summed E-state index contributed by atoms with van der Waals surface area (Å²) in [6.45, 7) is 5.72.